The zero-order valence-corrected chi connectivity index (χ0v) is 9.80. The predicted molar refractivity (Wildman–Crippen MR) is 60.7 cm³/mol. The normalized spacial score (nSPS) is 22.4. The Kier molecular flexibility index (Phi) is 3.69. The van der Waals surface area contributed by atoms with Crippen LogP contribution in [0.3, 0.4) is 0 Å². The molecule has 84 valence electrons. The van der Waals surface area contributed by atoms with Crippen LogP contribution in [0.15, 0.2) is 5.38 Å². The molecule has 2 N–H and O–H groups in total. The maximum absolute atomic E-state index is 5.85. The zero-order chi connectivity index (χ0) is 10.7. The van der Waals surface area contributed by atoms with Gasteiger partial charge in [-0.2, -0.15) is 0 Å². The molecule has 2 heterocycles. The van der Waals surface area contributed by atoms with Crippen LogP contribution in [0.4, 0.5) is 0 Å². The van der Waals surface area contributed by atoms with Crippen molar-refractivity contribution in [3.8, 4) is 0 Å². The highest BCUT2D eigenvalue weighted by Gasteiger charge is 2.19. The molecule has 15 heavy (non-hydrogen) atoms. The van der Waals surface area contributed by atoms with Gasteiger partial charge in [-0.05, 0) is 6.42 Å². The molecule has 2 rings (SSSR count). The Morgan fingerprint density at radius 1 is 1.73 bits per heavy atom. The van der Waals surface area contributed by atoms with Crippen LogP contribution in [0.1, 0.15) is 17.1 Å². The maximum Gasteiger partial charge on any atom is 0.119 e. The van der Waals surface area contributed by atoms with E-state index in [1.54, 1.807) is 18.4 Å². The number of nitrogens with zero attached hydrogens (tertiary/aromatic N) is 2. The molecule has 1 atom stereocenters. The molecular formula is C10H17N3OS. The lowest BCUT2D eigenvalue weighted by molar-refractivity contribution is 0.184. The number of methoxy groups -OCH3 is 1. The van der Waals surface area contributed by atoms with Crippen molar-refractivity contribution in [2.75, 3.05) is 20.2 Å². The third kappa shape index (κ3) is 2.98. The Labute approximate surface area is 94.1 Å². The summed E-state index contributed by atoms with van der Waals surface area (Å²) in [5.74, 6) is 0. The number of aromatic nitrogens is 1. The van der Waals surface area contributed by atoms with Gasteiger partial charge in [-0.15, -0.1) is 11.3 Å². The average molecular weight is 227 g/mol. The van der Waals surface area contributed by atoms with Crippen LogP contribution in [-0.4, -0.2) is 36.1 Å². The smallest absolute Gasteiger partial charge is 0.119 e. The molecule has 0 unspecified atom stereocenters. The number of hydrogen-bond acceptors (Lipinski definition) is 5. The summed E-state index contributed by atoms with van der Waals surface area (Å²) in [6, 6.07) is 0.349. The fourth-order valence-electron chi connectivity index (χ4n) is 1.85. The van der Waals surface area contributed by atoms with Gasteiger partial charge in [0.2, 0.25) is 0 Å². The Balaban J connectivity index is 1.87. The number of hydrogen-bond donors (Lipinski definition) is 1. The molecule has 0 amide bonds. The molecule has 1 aliphatic heterocycles. The number of ether oxygens (including phenoxy) is 1. The van der Waals surface area contributed by atoms with E-state index < -0.39 is 0 Å². The first-order valence-corrected chi connectivity index (χ1v) is 6.06. The summed E-state index contributed by atoms with van der Waals surface area (Å²) >= 11 is 1.66. The highest BCUT2D eigenvalue weighted by Crippen LogP contribution is 2.15. The molecule has 1 fully saturated rings. The SMILES string of the molecule is COCc1nc(CN2CC[C@H](N)C2)cs1. The molecule has 4 nitrogen and oxygen atoms in total. The van der Waals surface area contributed by atoms with Crippen LogP contribution in [-0.2, 0) is 17.9 Å². The molecule has 0 aromatic carbocycles. The third-order valence-corrected chi connectivity index (χ3v) is 3.43. The van der Waals surface area contributed by atoms with Crippen molar-refractivity contribution in [2.24, 2.45) is 5.73 Å². The van der Waals surface area contributed by atoms with Crippen LogP contribution in [0, 0.1) is 0 Å². The van der Waals surface area contributed by atoms with E-state index in [1.807, 2.05) is 0 Å². The number of rotatable bonds is 4. The van der Waals surface area contributed by atoms with Gasteiger partial charge in [0.15, 0.2) is 0 Å². The fourth-order valence-corrected chi connectivity index (χ4v) is 2.60. The van der Waals surface area contributed by atoms with Gasteiger partial charge in [-0.1, -0.05) is 0 Å². The third-order valence-electron chi connectivity index (χ3n) is 2.56. The largest absolute Gasteiger partial charge is 0.378 e. The molecule has 0 spiro atoms. The second kappa shape index (κ2) is 5.03. The zero-order valence-electron chi connectivity index (χ0n) is 8.98. The van der Waals surface area contributed by atoms with Crippen LogP contribution < -0.4 is 5.73 Å². The first-order valence-electron chi connectivity index (χ1n) is 5.18. The van der Waals surface area contributed by atoms with Gasteiger partial charge in [0.25, 0.3) is 0 Å². The van der Waals surface area contributed by atoms with E-state index in [-0.39, 0.29) is 0 Å². The topological polar surface area (TPSA) is 51.4 Å². The highest BCUT2D eigenvalue weighted by atomic mass is 32.1. The molecule has 1 saturated heterocycles. The first kappa shape index (κ1) is 11.0. The number of nitrogens with two attached hydrogens (primary N) is 1. The van der Waals surface area contributed by atoms with E-state index in [4.69, 9.17) is 10.5 Å². The lowest BCUT2D eigenvalue weighted by Gasteiger charge is -2.12. The monoisotopic (exact) mass is 227 g/mol. The van der Waals surface area contributed by atoms with Crippen molar-refractivity contribution in [2.45, 2.75) is 25.6 Å². The van der Waals surface area contributed by atoms with E-state index in [0.717, 1.165) is 36.8 Å². The van der Waals surface area contributed by atoms with E-state index >= 15 is 0 Å². The minimum Gasteiger partial charge on any atom is -0.378 e. The van der Waals surface area contributed by atoms with Crippen molar-refractivity contribution in [1.29, 1.82) is 0 Å². The quantitative estimate of drug-likeness (QED) is 0.827. The fraction of sp³-hybridized carbons (Fsp3) is 0.700. The van der Waals surface area contributed by atoms with E-state index in [1.165, 1.54) is 0 Å². The van der Waals surface area contributed by atoms with Crippen molar-refractivity contribution in [3.05, 3.63) is 16.1 Å². The minimum atomic E-state index is 0.349. The first-order chi connectivity index (χ1) is 7.28. The van der Waals surface area contributed by atoms with E-state index in [0.29, 0.717) is 12.6 Å². The summed E-state index contributed by atoms with van der Waals surface area (Å²) < 4.78 is 5.04. The minimum absolute atomic E-state index is 0.349. The van der Waals surface area contributed by atoms with Gasteiger partial charge in [0.05, 0.1) is 12.3 Å². The average Bonchev–Trinajstić information content (AvgIpc) is 2.78. The molecule has 0 aliphatic carbocycles. The molecule has 0 radical (unpaired) electrons. The molecule has 0 bridgehead atoms. The van der Waals surface area contributed by atoms with Crippen LogP contribution in [0.25, 0.3) is 0 Å². The van der Waals surface area contributed by atoms with Gasteiger partial charge in [-0.25, -0.2) is 4.98 Å². The van der Waals surface area contributed by atoms with Crippen molar-refractivity contribution in [3.63, 3.8) is 0 Å². The Morgan fingerprint density at radius 3 is 3.27 bits per heavy atom. The van der Waals surface area contributed by atoms with Crippen molar-refractivity contribution >= 4 is 11.3 Å². The summed E-state index contributed by atoms with van der Waals surface area (Å²) in [4.78, 5) is 6.86. The van der Waals surface area contributed by atoms with Gasteiger partial charge >= 0.3 is 0 Å². The molecule has 5 heteroatoms. The van der Waals surface area contributed by atoms with Crippen LogP contribution in [0.5, 0.6) is 0 Å². The lowest BCUT2D eigenvalue weighted by atomic mass is 10.3. The van der Waals surface area contributed by atoms with Gasteiger partial charge in [-0.3, -0.25) is 4.90 Å². The molecule has 1 aromatic heterocycles. The van der Waals surface area contributed by atoms with Crippen LogP contribution in [0.2, 0.25) is 0 Å². The van der Waals surface area contributed by atoms with Crippen LogP contribution >= 0.6 is 11.3 Å². The number of thiazole rings is 1. The second-order valence-electron chi connectivity index (χ2n) is 3.95. The maximum atomic E-state index is 5.85. The Bertz CT molecular complexity index is 315. The summed E-state index contributed by atoms with van der Waals surface area (Å²) in [5.41, 5.74) is 6.99. The van der Waals surface area contributed by atoms with Gasteiger partial charge in [0, 0.05) is 38.2 Å². The van der Waals surface area contributed by atoms with Gasteiger partial charge < -0.3 is 10.5 Å². The predicted octanol–water partition coefficient (Wildman–Crippen LogP) is 0.823. The molecule has 1 aliphatic rings. The molecular weight excluding hydrogens is 210 g/mol. The summed E-state index contributed by atoms with van der Waals surface area (Å²) in [6.45, 7) is 3.63. The highest BCUT2D eigenvalue weighted by molar-refractivity contribution is 7.09. The van der Waals surface area contributed by atoms with Crippen molar-refractivity contribution in [1.82, 2.24) is 9.88 Å². The van der Waals surface area contributed by atoms with Gasteiger partial charge in [0.1, 0.15) is 5.01 Å². The standard InChI is InChI=1S/C10H17N3OS/c1-14-6-10-12-9(7-15-10)5-13-3-2-8(11)4-13/h7-8H,2-6,11H2,1H3/t8-/m0/s1. The molecule has 1 aromatic rings. The number of likely N-dealkylation sites (tertiary alicyclic amines) is 1. The summed E-state index contributed by atoms with van der Waals surface area (Å²) in [5, 5.41) is 3.16. The van der Waals surface area contributed by atoms with E-state index in [9.17, 15) is 0 Å². The lowest BCUT2D eigenvalue weighted by Crippen LogP contribution is -2.26. The molecule has 0 saturated carbocycles. The Morgan fingerprint density at radius 2 is 2.60 bits per heavy atom. The Hall–Kier alpha value is -0.490. The summed E-state index contributed by atoms with van der Waals surface area (Å²) in [6.07, 6.45) is 1.11. The van der Waals surface area contributed by atoms with E-state index in [2.05, 4.69) is 15.3 Å². The summed E-state index contributed by atoms with van der Waals surface area (Å²) in [7, 11) is 1.70. The van der Waals surface area contributed by atoms with Crippen molar-refractivity contribution < 1.29 is 4.74 Å². The second-order valence-corrected chi connectivity index (χ2v) is 4.89.